The van der Waals surface area contributed by atoms with Crippen LogP contribution in [0.15, 0.2) is 53.9 Å². The van der Waals surface area contributed by atoms with Crippen molar-refractivity contribution in [2.24, 2.45) is 5.73 Å². The number of amides is 1. The van der Waals surface area contributed by atoms with E-state index in [4.69, 9.17) is 5.73 Å². The highest BCUT2D eigenvalue weighted by molar-refractivity contribution is 7.17. The lowest BCUT2D eigenvalue weighted by Crippen LogP contribution is -2.11. The Hall–Kier alpha value is -2.17. The number of carbonyl (C=O) groups excluding carboxylic acids is 1. The van der Waals surface area contributed by atoms with Crippen LogP contribution >= 0.6 is 11.3 Å². The molecule has 20 heavy (non-hydrogen) atoms. The Morgan fingerprint density at radius 1 is 1.10 bits per heavy atom. The molecule has 3 N–H and O–H groups in total. The highest BCUT2D eigenvalue weighted by Gasteiger charge is 2.06. The van der Waals surface area contributed by atoms with Gasteiger partial charge in [-0.25, -0.2) is 0 Å². The van der Waals surface area contributed by atoms with Crippen LogP contribution in [-0.2, 0) is 6.54 Å². The zero-order valence-electron chi connectivity index (χ0n) is 10.8. The van der Waals surface area contributed by atoms with Crippen LogP contribution in [0.4, 0.5) is 5.69 Å². The number of rotatable bonds is 3. The Morgan fingerprint density at radius 2 is 1.90 bits per heavy atom. The third-order valence-electron chi connectivity index (χ3n) is 3.16. The smallest absolute Gasteiger partial charge is 0.255 e. The summed E-state index contributed by atoms with van der Waals surface area (Å²) >= 11 is 1.69. The molecule has 1 heterocycles. The summed E-state index contributed by atoms with van der Waals surface area (Å²) in [7, 11) is 0. The molecule has 0 spiro atoms. The van der Waals surface area contributed by atoms with E-state index in [1.165, 1.54) is 4.70 Å². The Kier molecular flexibility index (Phi) is 3.50. The van der Waals surface area contributed by atoms with Crippen molar-refractivity contribution in [1.29, 1.82) is 0 Å². The number of anilines is 1. The number of benzene rings is 2. The monoisotopic (exact) mass is 282 g/mol. The Balaban J connectivity index is 1.80. The molecule has 0 fully saturated rings. The fourth-order valence-corrected chi connectivity index (χ4v) is 2.81. The maximum absolute atomic E-state index is 12.1. The van der Waals surface area contributed by atoms with Crippen molar-refractivity contribution >= 4 is 33.0 Å². The minimum atomic E-state index is -0.108. The molecular weight excluding hydrogens is 268 g/mol. The number of hydrogen-bond acceptors (Lipinski definition) is 3. The minimum absolute atomic E-state index is 0.108. The number of carbonyl (C=O) groups is 1. The van der Waals surface area contributed by atoms with Gasteiger partial charge in [-0.3, -0.25) is 4.79 Å². The molecule has 2 aromatic carbocycles. The predicted molar refractivity (Wildman–Crippen MR) is 84.1 cm³/mol. The third-order valence-corrected chi connectivity index (χ3v) is 4.06. The van der Waals surface area contributed by atoms with Gasteiger partial charge in [0.25, 0.3) is 5.91 Å². The third kappa shape index (κ3) is 2.57. The highest BCUT2D eigenvalue weighted by atomic mass is 32.1. The first-order valence-corrected chi connectivity index (χ1v) is 7.22. The van der Waals surface area contributed by atoms with Crippen LogP contribution < -0.4 is 11.1 Å². The van der Waals surface area contributed by atoms with Crippen molar-refractivity contribution in [2.45, 2.75) is 6.54 Å². The maximum Gasteiger partial charge on any atom is 0.255 e. The van der Waals surface area contributed by atoms with E-state index < -0.39 is 0 Å². The van der Waals surface area contributed by atoms with Gasteiger partial charge in [-0.1, -0.05) is 12.1 Å². The van der Waals surface area contributed by atoms with Crippen LogP contribution in [0.5, 0.6) is 0 Å². The second kappa shape index (κ2) is 5.45. The topological polar surface area (TPSA) is 55.1 Å². The zero-order chi connectivity index (χ0) is 13.9. The Bertz CT molecular complexity index is 747. The molecule has 0 aliphatic heterocycles. The summed E-state index contributed by atoms with van der Waals surface area (Å²) in [6.07, 6.45) is 0. The fourth-order valence-electron chi connectivity index (χ4n) is 2.04. The van der Waals surface area contributed by atoms with Crippen LogP contribution in [-0.4, -0.2) is 5.91 Å². The molecule has 0 bridgehead atoms. The molecule has 3 aromatic rings. The van der Waals surface area contributed by atoms with E-state index in [2.05, 4.69) is 5.32 Å². The van der Waals surface area contributed by atoms with E-state index in [1.807, 2.05) is 41.8 Å². The van der Waals surface area contributed by atoms with Crippen LogP contribution in [0.25, 0.3) is 10.1 Å². The molecule has 3 rings (SSSR count). The summed E-state index contributed by atoms with van der Waals surface area (Å²) in [5.74, 6) is -0.108. The molecule has 0 saturated heterocycles. The van der Waals surface area contributed by atoms with Crippen LogP contribution in [0, 0.1) is 0 Å². The van der Waals surface area contributed by atoms with Crippen LogP contribution in [0.1, 0.15) is 15.9 Å². The molecule has 0 aliphatic carbocycles. The largest absolute Gasteiger partial charge is 0.326 e. The van der Waals surface area contributed by atoms with Gasteiger partial charge in [-0.05, 0) is 52.7 Å². The van der Waals surface area contributed by atoms with Gasteiger partial charge < -0.3 is 11.1 Å². The number of hydrogen-bond donors (Lipinski definition) is 2. The normalized spacial score (nSPS) is 10.7. The van der Waals surface area contributed by atoms with Gasteiger partial charge in [0.05, 0.1) is 0 Å². The summed E-state index contributed by atoms with van der Waals surface area (Å²) in [5.41, 5.74) is 8.00. The molecule has 0 saturated carbocycles. The van der Waals surface area contributed by atoms with Gasteiger partial charge in [0.2, 0.25) is 0 Å². The van der Waals surface area contributed by atoms with Crippen molar-refractivity contribution in [3.63, 3.8) is 0 Å². The van der Waals surface area contributed by atoms with Gasteiger partial charge >= 0.3 is 0 Å². The van der Waals surface area contributed by atoms with E-state index in [0.29, 0.717) is 12.1 Å². The van der Waals surface area contributed by atoms with Crippen LogP contribution in [0.2, 0.25) is 0 Å². The first kappa shape index (κ1) is 12.8. The predicted octanol–water partition coefficient (Wildman–Crippen LogP) is 3.61. The van der Waals surface area contributed by atoms with Gasteiger partial charge in [-0.15, -0.1) is 11.3 Å². The molecule has 100 valence electrons. The minimum Gasteiger partial charge on any atom is -0.326 e. The van der Waals surface area contributed by atoms with Crippen LogP contribution in [0.3, 0.4) is 0 Å². The maximum atomic E-state index is 12.1. The average molecular weight is 282 g/mol. The first-order chi connectivity index (χ1) is 9.76. The molecule has 3 nitrogen and oxygen atoms in total. The van der Waals surface area contributed by atoms with Gasteiger partial charge in [0.15, 0.2) is 0 Å². The molecule has 0 atom stereocenters. The van der Waals surface area contributed by atoms with E-state index in [9.17, 15) is 4.79 Å². The van der Waals surface area contributed by atoms with E-state index in [0.717, 1.165) is 16.6 Å². The summed E-state index contributed by atoms with van der Waals surface area (Å²) in [5, 5.41) is 6.10. The lowest BCUT2D eigenvalue weighted by Gasteiger charge is -2.06. The summed E-state index contributed by atoms with van der Waals surface area (Å²) < 4.78 is 1.22. The number of thiophene rings is 1. The number of nitrogens with two attached hydrogens (primary N) is 1. The fraction of sp³-hybridized carbons (Fsp3) is 0.0625. The van der Waals surface area contributed by atoms with E-state index in [1.54, 1.807) is 23.5 Å². The molecule has 1 amide bonds. The van der Waals surface area contributed by atoms with Crippen molar-refractivity contribution in [1.82, 2.24) is 0 Å². The number of nitrogens with one attached hydrogen (secondary N) is 1. The van der Waals surface area contributed by atoms with Crippen molar-refractivity contribution < 1.29 is 4.79 Å². The van der Waals surface area contributed by atoms with E-state index >= 15 is 0 Å². The Morgan fingerprint density at radius 3 is 2.65 bits per heavy atom. The molecule has 4 heteroatoms. The second-order valence-electron chi connectivity index (χ2n) is 4.53. The molecule has 0 aliphatic rings. The molecule has 0 unspecified atom stereocenters. The second-order valence-corrected chi connectivity index (χ2v) is 5.48. The average Bonchev–Trinajstić information content (AvgIpc) is 2.95. The standard InChI is InChI=1S/C16H14N2OS/c17-10-11-1-3-12(4-2-11)16(19)18-14-5-6-15-13(9-14)7-8-20-15/h1-9H,10,17H2,(H,18,19). The van der Waals surface area contributed by atoms with Gasteiger partial charge in [-0.2, -0.15) is 0 Å². The van der Waals surface area contributed by atoms with E-state index in [-0.39, 0.29) is 5.91 Å². The van der Waals surface area contributed by atoms with Crippen molar-refractivity contribution in [3.05, 3.63) is 65.0 Å². The lowest BCUT2D eigenvalue weighted by molar-refractivity contribution is 0.102. The molecule has 1 aromatic heterocycles. The molecule has 0 radical (unpaired) electrons. The van der Waals surface area contributed by atoms with Gasteiger partial charge in [0.1, 0.15) is 0 Å². The van der Waals surface area contributed by atoms with Crippen molar-refractivity contribution in [3.8, 4) is 0 Å². The Labute approximate surface area is 121 Å². The summed E-state index contributed by atoms with van der Waals surface area (Å²) in [6, 6.07) is 15.3. The van der Waals surface area contributed by atoms with Gasteiger partial charge in [0, 0.05) is 22.5 Å². The summed E-state index contributed by atoms with van der Waals surface area (Å²) in [6.45, 7) is 0.483. The number of fused-ring (bicyclic) bond motifs is 1. The van der Waals surface area contributed by atoms with Crippen molar-refractivity contribution in [2.75, 3.05) is 5.32 Å². The first-order valence-electron chi connectivity index (χ1n) is 6.34. The molecular formula is C16H14N2OS. The SMILES string of the molecule is NCc1ccc(C(=O)Nc2ccc3sccc3c2)cc1. The lowest BCUT2D eigenvalue weighted by atomic mass is 10.1. The zero-order valence-corrected chi connectivity index (χ0v) is 11.6. The summed E-state index contributed by atoms with van der Waals surface area (Å²) in [4.78, 5) is 12.1. The highest BCUT2D eigenvalue weighted by Crippen LogP contribution is 2.24. The quantitative estimate of drug-likeness (QED) is 0.771.